The molecule has 0 aliphatic heterocycles. The molecule has 2 aromatic rings. The molecule has 0 saturated heterocycles. The molecule has 20 heavy (non-hydrogen) atoms. The van der Waals surface area contributed by atoms with E-state index in [1.54, 1.807) is 0 Å². The second kappa shape index (κ2) is 7.39. The van der Waals surface area contributed by atoms with Gasteiger partial charge in [-0.1, -0.05) is 50.5 Å². The van der Waals surface area contributed by atoms with E-state index >= 15 is 0 Å². The van der Waals surface area contributed by atoms with Crippen molar-refractivity contribution in [2.75, 3.05) is 6.54 Å². The third-order valence-electron chi connectivity index (χ3n) is 3.99. The molecule has 1 atom stereocenters. The van der Waals surface area contributed by atoms with E-state index in [2.05, 4.69) is 54.6 Å². The summed E-state index contributed by atoms with van der Waals surface area (Å²) in [4.78, 5) is 0. The van der Waals surface area contributed by atoms with Crippen LogP contribution in [-0.2, 0) is 6.67 Å². The molecular formula is C16H26N4. The van der Waals surface area contributed by atoms with E-state index in [0.717, 1.165) is 30.2 Å². The van der Waals surface area contributed by atoms with E-state index in [0.29, 0.717) is 0 Å². The molecule has 0 bridgehead atoms. The monoisotopic (exact) mass is 274 g/mol. The van der Waals surface area contributed by atoms with Crippen LogP contribution in [0.25, 0.3) is 11.0 Å². The van der Waals surface area contributed by atoms with Crippen LogP contribution >= 0.6 is 0 Å². The van der Waals surface area contributed by atoms with Crippen LogP contribution in [0.5, 0.6) is 0 Å². The summed E-state index contributed by atoms with van der Waals surface area (Å²) in [6.07, 6.45) is 5.16. The van der Waals surface area contributed by atoms with Crippen LogP contribution in [0.15, 0.2) is 18.2 Å². The summed E-state index contributed by atoms with van der Waals surface area (Å²) in [7, 11) is 0. The number of hydrogen-bond donors (Lipinski definition) is 1. The molecule has 0 amide bonds. The van der Waals surface area contributed by atoms with Crippen molar-refractivity contribution in [3.05, 3.63) is 23.8 Å². The number of rotatable bonds is 8. The SMILES string of the molecule is CCCCC(CC)CNCn1nnc2c(C)cccc21. The fourth-order valence-corrected chi connectivity index (χ4v) is 2.56. The molecule has 0 radical (unpaired) electrons. The highest BCUT2D eigenvalue weighted by Gasteiger charge is 2.08. The van der Waals surface area contributed by atoms with Gasteiger partial charge in [-0.2, -0.15) is 0 Å². The third-order valence-corrected chi connectivity index (χ3v) is 3.99. The number of benzene rings is 1. The second-order valence-electron chi connectivity index (χ2n) is 5.56. The summed E-state index contributed by atoms with van der Waals surface area (Å²) < 4.78 is 1.95. The lowest BCUT2D eigenvalue weighted by Gasteiger charge is -2.15. The summed E-state index contributed by atoms with van der Waals surface area (Å²) in [5.41, 5.74) is 3.30. The molecule has 1 N–H and O–H groups in total. The summed E-state index contributed by atoms with van der Waals surface area (Å²) >= 11 is 0. The second-order valence-corrected chi connectivity index (χ2v) is 5.56. The first kappa shape index (κ1) is 15.0. The molecule has 110 valence electrons. The smallest absolute Gasteiger partial charge is 0.116 e. The molecule has 1 aromatic heterocycles. The van der Waals surface area contributed by atoms with Crippen molar-refractivity contribution < 1.29 is 0 Å². The fraction of sp³-hybridized carbons (Fsp3) is 0.625. The first-order valence-electron chi connectivity index (χ1n) is 7.75. The Morgan fingerprint density at radius 1 is 1.30 bits per heavy atom. The minimum Gasteiger partial charge on any atom is -0.298 e. The van der Waals surface area contributed by atoms with Gasteiger partial charge in [-0.05, 0) is 37.4 Å². The zero-order chi connectivity index (χ0) is 14.4. The van der Waals surface area contributed by atoms with Crippen LogP contribution in [-0.4, -0.2) is 21.5 Å². The number of aromatic nitrogens is 3. The van der Waals surface area contributed by atoms with Crippen LogP contribution in [0.4, 0.5) is 0 Å². The van der Waals surface area contributed by atoms with Gasteiger partial charge in [-0.15, -0.1) is 5.10 Å². The number of hydrogen-bond acceptors (Lipinski definition) is 3. The molecule has 2 rings (SSSR count). The van der Waals surface area contributed by atoms with Gasteiger partial charge in [0.2, 0.25) is 0 Å². The first-order valence-corrected chi connectivity index (χ1v) is 7.75. The van der Waals surface area contributed by atoms with Gasteiger partial charge in [0.05, 0.1) is 12.2 Å². The summed E-state index contributed by atoms with van der Waals surface area (Å²) in [5.74, 6) is 0.770. The minimum absolute atomic E-state index is 0.739. The van der Waals surface area contributed by atoms with E-state index in [9.17, 15) is 0 Å². The molecule has 1 heterocycles. The molecule has 0 aliphatic carbocycles. The van der Waals surface area contributed by atoms with Crippen molar-refractivity contribution in [2.45, 2.75) is 53.1 Å². The summed E-state index contributed by atoms with van der Waals surface area (Å²) in [6.45, 7) is 8.40. The molecule has 0 aliphatic rings. The standard InChI is InChI=1S/C16H26N4/c1-4-6-9-14(5-2)11-17-12-20-15-10-7-8-13(3)16(15)18-19-20/h7-8,10,14,17H,4-6,9,11-12H2,1-3H3. The number of fused-ring (bicyclic) bond motifs is 1. The average molecular weight is 274 g/mol. The third kappa shape index (κ3) is 3.57. The largest absolute Gasteiger partial charge is 0.298 e. The van der Waals surface area contributed by atoms with Gasteiger partial charge in [0.1, 0.15) is 5.52 Å². The van der Waals surface area contributed by atoms with Gasteiger partial charge in [-0.3, -0.25) is 5.32 Å². The lowest BCUT2D eigenvalue weighted by Crippen LogP contribution is -2.25. The Labute approximate surface area is 121 Å². The van der Waals surface area contributed by atoms with Gasteiger partial charge in [0.25, 0.3) is 0 Å². The van der Waals surface area contributed by atoms with Crippen molar-refractivity contribution in [3.63, 3.8) is 0 Å². The minimum atomic E-state index is 0.739. The zero-order valence-electron chi connectivity index (χ0n) is 12.9. The van der Waals surface area contributed by atoms with Gasteiger partial charge in [0, 0.05) is 0 Å². The lowest BCUT2D eigenvalue weighted by atomic mass is 9.99. The maximum Gasteiger partial charge on any atom is 0.116 e. The van der Waals surface area contributed by atoms with Crippen molar-refractivity contribution in [1.82, 2.24) is 20.3 Å². The van der Waals surface area contributed by atoms with E-state index < -0.39 is 0 Å². The van der Waals surface area contributed by atoms with Gasteiger partial charge in [-0.25, -0.2) is 4.68 Å². The Morgan fingerprint density at radius 2 is 2.15 bits per heavy atom. The number of unbranched alkanes of at least 4 members (excludes halogenated alkanes) is 1. The molecule has 1 aromatic carbocycles. The van der Waals surface area contributed by atoms with Crippen molar-refractivity contribution in [3.8, 4) is 0 Å². The van der Waals surface area contributed by atoms with Gasteiger partial charge < -0.3 is 0 Å². The van der Waals surface area contributed by atoms with Gasteiger partial charge >= 0.3 is 0 Å². The molecule has 0 fully saturated rings. The van der Waals surface area contributed by atoms with Crippen molar-refractivity contribution in [2.24, 2.45) is 5.92 Å². The molecule has 4 nitrogen and oxygen atoms in total. The predicted molar refractivity (Wildman–Crippen MR) is 83.6 cm³/mol. The van der Waals surface area contributed by atoms with Crippen LogP contribution < -0.4 is 5.32 Å². The fourth-order valence-electron chi connectivity index (χ4n) is 2.56. The first-order chi connectivity index (χ1) is 9.76. The maximum absolute atomic E-state index is 4.26. The maximum atomic E-state index is 4.26. The molecule has 4 heteroatoms. The molecule has 0 spiro atoms. The van der Waals surface area contributed by atoms with E-state index in [-0.39, 0.29) is 0 Å². The van der Waals surface area contributed by atoms with Crippen LogP contribution in [0.1, 0.15) is 45.1 Å². The van der Waals surface area contributed by atoms with E-state index in [4.69, 9.17) is 0 Å². The highest BCUT2D eigenvalue weighted by atomic mass is 15.4. The Hall–Kier alpha value is -1.42. The number of nitrogens with zero attached hydrogens (tertiary/aromatic N) is 3. The summed E-state index contributed by atoms with van der Waals surface area (Å²) in [6, 6.07) is 6.22. The number of aryl methyl sites for hydroxylation is 1. The quantitative estimate of drug-likeness (QED) is 0.801. The predicted octanol–water partition coefficient (Wildman–Crippen LogP) is 3.50. The van der Waals surface area contributed by atoms with Crippen LogP contribution in [0, 0.1) is 12.8 Å². The Kier molecular flexibility index (Phi) is 5.53. The summed E-state index contributed by atoms with van der Waals surface area (Å²) in [5, 5.41) is 12.0. The van der Waals surface area contributed by atoms with E-state index in [1.807, 2.05) is 4.68 Å². The Morgan fingerprint density at radius 3 is 2.90 bits per heavy atom. The van der Waals surface area contributed by atoms with Gasteiger partial charge in [0.15, 0.2) is 0 Å². The molecule has 0 saturated carbocycles. The lowest BCUT2D eigenvalue weighted by molar-refractivity contribution is 0.390. The van der Waals surface area contributed by atoms with E-state index in [1.165, 1.54) is 31.2 Å². The highest BCUT2D eigenvalue weighted by molar-refractivity contribution is 5.77. The van der Waals surface area contributed by atoms with Crippen LogP contribution in [0.3, 0.4) is 0 Å². The Balaban J connectivity index is 1.91. The normalized spacial score (nSPS) is 12.9. The Bertz CT molecular complexity index is 532. The molecule has 1 unspecified atom stereocenters. The topological polar surface area (TPSA) is 42.7 Å². The van der Waals surface area contributed by atoms with Crippen molar-refractivity contribution in [1.29, 1.82) is 0 Å². The number of nitrogens with one attached hydrogen (secondary N) is 1. The average Bonchev–Trinajstić information content (AvgIpc) is 2.87. The van der Waals surface area contributed by atoms with Crippen LogP contribution in [0.2, 0.25) is 0 Å². The zero-order valence-corrected chi connectivity index (χ0v) is 12.9. The molecular weight excluding hydrogens is 248 g/mol. The highest BCUT2D eigenvalue weighted by Crippen LogP contribution is 2.15. The van der Waals surface area contributed by atoms with Crippen molar-refractivity contribution >= 4 is 11.0 Å².